The van der Waals surface area contributed by atoms with E-state index in [4.69, 9.17) is 40.4 Å². The van der Waals surface area contributed by atoms with E-state index in [9.17, 15) is 14.9 Å². The molecule has 138 valence electrons. The summed E-state index contributed by atoms with van der Waals surface area (Å²) < 4.78 is 0. The highest BCUT2D eigenvalue weighted by Gasteiger charge is 2.19. The summed E-state index contributed by atoms with van der Waals surface area (Å²) in [5, 5.41) is 18.0. The molecule has 1 aromatic carbocycles. The number of halogens is 2. The first-order valence-corrected chi connectivity index (χ1v) is 7.96. The normalized spacial score (nSPS) is 12.5. The smallest absolute Gasteiger partial charge is 0.266 e. The summed E-state index contributed by atoms with van der Waals surface area (Å²) in [5.41, 5.74) is 17.4. The van der Waals surface area contributed by atoms with Crippen LogP contribution in [0.4, 0.5) is 5.69 Å². The van der Waals surface area contributed by atoms with Gasteiger partial charge in [-0.1, -0.05) is 23.2 Å². The molecule has 0 heterocycles. The molecule has 0 aliphatic rings. The summed E-state index contributed by atoms with van der Waals surface area (Å²) in [4.78, 5) is 22.6. The molecule has 0 aromatic heterocycles. The number of rotatable bonds is 8. The zero-order valence-electron chi connectivity index (χ0n) is 13.2. The van der Waals surface area contributed by atoms with Crippen molar-refractivity contribution in [3.05, 3.63) is 37.9 Å². The van der Waals surface area contributed by atoms with Crippen molar-refractivity contribution in [2.75, 3.05) is 12.3 Å². The molecule has 1 rings (SSSR count). The van der Waals surface area contributed by atoms with Gasteiger partial charge >= 0.3 is 0 Å². The minimum absolute atomic E-state index is 0.131. The van der Waals surface area contributed by atoms with Gasteiger partial charge < -0.3 is 27.8 Å². The number of carbonyl (C=O) groups excluding carboxylic acids is 1. The van der Waals surface area contributed by atoms with Gasteiger partial charge in [-0.05, 0) is 37.1 Å². The molecule has 0 aliphatic heterocycles. The number of hydrogen-bond donors (Lipinski definition) is 5. The van der Waals surface area contributed by atoms with Crippen LogP contribution in [0, 0.1) is 10.1 Å². The molecular formula is C13H19Cl2N7O3. The van der Waals surface area contributed by atoms with Crippen LogP contribution in [0.15, 0.2) is 17.2 Å². The van der Waals surface area contributed by atoms with Crippen molar-refractivity contribution in [2.24, 2.45) is 16.6 Å². The summed E-state index contributed by atoms with van der Waals surface area (Å²) >= 11 is 11.9. The fourth-order valence-corrected chi connectivity index (χ4v) is 2.47. The monoisotopic (exact) mass is 391 g/mol. The van der Waals surface area contributed by atoms with E-state index in [1.807, 2.05) is 0 Å². The molecule has 0 spiro atoms. The SMILES string of the molecule is NCCC[C@H](NC(N)=N[N+](=O)[O-])C(=O)NCc1cc(Cl)c(N)c(Cl)c1. The Morgan fingerprint density at radius 1 is 1.36 bits per heavy atom. The molecule has 1 amide bonds. The number of nitrogen functional groups attached to an aromatic ring is 1. The zero-order valence-corrected chi connectivity index (χ0v) is 14.7. The molecule has 0 fully saturated rings. The molecule has 1 atom stereocenters. The highest BCUT2D eigenvalue weighted by atomic mass is 35.5. The van der Waals surface area contributed by atoms with Gasteiger partial charge in [0.25, 0.3) is 5.96 Å². The Morgan fingerprint density at radius 2 is 1.96 bits per heavy atom. The lowest BCUT2D eigenvalue weighted by atomic mass is 10.1. The third-order valence-electron chi connectivity index (χ3n) is 3.13. The number of nitrogens with two attached hydrogens (primary N) is 3. The van der Waals surface area contributed by atoms with E-state index in [1.165, 1.54) is 0 Å². The Labute approximate surface area is 153 Å². The predicted octanol–water partition coefficient (Wildman–Crippen LogP) is 0.395. The summed E-state index contributed by atoms with van der Waals surface area (Å²) in [6.07, 6.45) is 0.829. The van der Waals surface area contributed by atoms with Crippen LogP contribution in [0.5, 0.6) is 0 Å². The number of hydrazone groups is 1. The van der Waals surface area contributed by atoms with Crippen molar-refractivity contribution in [1.29, 1.82) is 0 Å². The van der Waals surface area contributed by atoms with Gasteiger partial charge in [-0.15, -0.1) is 0 Å². The molecule has 0 aliphatic carbocycles. The molecule has 0 radical (unpaired) electrons. The van der Waals surface area contributed by atoms with E-state index in [0.29, 0.717) is 24.9 Å². The lowest BCUT2D eigenvalue weighted by molar-refractivity contribution is -0.485. The van der Waals surface area contributed by atoms with E-state index in [2.05, 4.69) is 15.7 Å². The molecule has 1 aromatic rings. The molecule has 0 saturated heterocycles. The first-order chi connectivity index (χ1) is 11.7. The number of amides is 1. The third kappa shape index (κ3) is 6.99. The van der Waals surface area contributed by atoms with Gasteiger partial charge in [-0.2, -0.15) is 0 Å². The number of benzene rings is 1. The zero-order chi connectivity index (χ0) is 19.0. The van der Waals surface area contributed by atoms with Crippen LogP contribution in [0.1, 0.15) is 18.4 Å². The third-order valence-corrected chi connectivity index (χ3v) is 3.76. The van der Waals surface area contributed by atoms with Crippen LogP contribution in [0.25, 0.3) is 0 Å². The van der Waals surface area contributed by atoms with Gasteiger partial charge in [0.2, 0.25) is 5.91 Å². The van der Waals surface area contributed by atoms with E-state index >= 15 is 0 Å². The number of hydrogen-bond acceptors (Lipinski definition) is 5. The predicted molar refractivity (Wildman–Crippen MR) is 96.6 cm³/mol. The highest BCUT2D eigenvalue weighted by molar-refractivity contribution is 6.38. The number of carbonyl (C=O) groups is 1. The lowest BCUT2D eigenvalue weighted by Gasteiger charge is -2.18. The first-order valence-electron chi connectivity index (χ1n) is 7.20. The molecule has 0 saturated carbocycles. The summed E-state index contributed by atoms with van der Waals surface area (Å²) in [6, 6.07) is 2.33. The molecule has 10 nitrogen and oxygen atoms in total. The lowest BCUT2D eigenvalue weighted by Crippen LogP contribution is -2.49. The Morgan fingerprint density at radius 3 is 2.48 bits per heavy atom. The van der Waals surface area contributed by atoms with Crippen LogP contribution >= 0.6 is 23.2 Å². The summed E-state index contributed by atoms with van der Waals surface area (Å²) in [5.74, 6) is -0.903. The van der Waals surface area contributed by atoms with Crippen LogP contribution in [-0.4, -0.2) is 29.5 Å². The number of nitrogens with one attached hydrogen (secondary N) is 2. The molecule has 8 N–H and O–H groups in total. The maximum atomic E-state index is 12.3. The topological polar surface area (TPSA) is 175 Å². The second-order valence-electron chi connectivity index (χ2n) is 5.04. The van der Waals surface area contributed by atoms with Crippen molar-refractivity contribution >= 4 is 40.8 Å². The van der Waals surface area contributed by atoms with Crippen molar-refractivity contribution in [3.8, 4) is 0 Å². The minimum Gasteiger partial charge on any atom is -0.396 e. The highest BCUT2D eigenvalue weighted by Crippen LogP contribution is 2.28. The summed E-state index contributed by atoms with van der Waals surface area (Å²) in [6.45, 7) is 0.479. The number of guanidine groups is 1. The molecule has 25 heavy (non-hydrogen) atoms. The average molecular weight is 392 g/mol. The van der Waals surface area contributed by atoms with Gasteiger partial charge in [0, 0.05) is 6.54 Å². The summed E-state index contributed by atoms with van der Waals surface area (Å²) in [7, 11) is 0. The largest absolute Gasteiger partial charge is 0.396 e. The van der Waals surface area contributed by atoms with E-state index in [1.54, 1.807) is 12.1 Å². The van der Waals surface area contributed by atoms with Crippen molar-refractivity contribution in [2.45, 2.75) is 25.4 Å². The quantitative estimate of drug-likeness (QED) is 0.140. The van der Waals surface area contributed by atoms with Crippen molar-refractivity contribution in [1.82, 2.24) is 10.6 Å². The van der Waals surface area contributed by atoms with Crippen LogP contribution < -0.4 is 27.8 Å². The maximum Gasteiger partial charge on any atom is 0.266 e. The minimum atomic E-state index is -0.960. The standard InChI is InChI=1S/C13H19Cl2N7O3/c14-8-4-7(5-9(15)11(8)17)6-19-12(23)10(2-1-3-16)20-13(18)21-22(24)25/h4-5,10H,1-3,6,16-17H2,(H,19,23)(H3,18,20,21)/t10-/m0/s1. The van der Waals surface area contributed by atoms with Crippen molar-refractivity contribution < 1.29 is 9.83 Å². The van der Waals surface area contributed by atoms with Crippen molar-refractivity contribution in [3.63, 3.8) is 0 Å². The molecule has 0 unspecified atom stereocenters. The van der Waals surface area contributed by atoms with Gasteiger partial charge in [0.15, 0.2) is 5.03 Å². The van der Waals surface area contributed by atoms with E-state index in [0.717, 1.165) is 0 Å². The Hall–Kier alpha value is -2.30. The van der Waals surface area contributed by atoms with Gasteiger partial charge in [-0.25, -0.2) is 10.1 Å². The number of nitrogens with zero attached hydrogens (tertiary/aromatic N) is 2. The van der Waals surface area contributed by atoms with Crippen LogP contribution in [0.3, 0.4) is 0 Å². The fourth-order valence-electron chi connectivity index (χ4n) is 1.94. The maximum absolute atomic E-state index is 12.3. The van der Waals surface area contributed by atoms with Gasteiger partial charge in [-0.3, -0.25) is 4.79 Å². The van der Waals surface area contributed by atoms with Gasteiger partial charge in [0.05, 0.1) is 15.7 Å². The Bertz CT molecular complexity index is 646. The van der Waals surface area contributed by atoms with E-state index < -0.39 is 22.9 Å². The second-order valence-corrected chi connectivity index (χ2v) is 5.86. The fraction of sp³-hybridized carbons (Fsp3) is 0.385. The molecule has 12 heteroatoms. The number of anilines is 1. The van der Waals surface area contributed by atoms with Crippen LogP contribution in [-0.2, 0) is 11.3 Å². The Balaban J connectivity index is 2.76. The first kappa shape index (κ1) is 20.7. The van der Waals surface area contributed by atoms with E-state index in [-0.39, 0.29) is 22.3 Å². The molecule has 0 bridgehead atoms. The average Bonchev–Trinajstić information content (AvgIpc) is 2.53. The molecular weight excluding hydrogens is 373 g/mol. The van der Waals surface area contributed by atoms with Crippen LogP contribution in [0.2, 0.25) is 10.0 Å². The second kappa shape index (κ2) is 9.87. The van der Waals surface area contributed by atoms with Gasteiger partial charge in [0.1, 0.15) is 11.1 Å². The Kier molecular flexibility index (Phi) is 8.19. The number of nitro groups is 1.